The molecule has 114 heavy (non-hydrogen) atoms. The van der Waals surface area contributed by atoms with Crippen LogP contribution in [0.2, 0.25) is 0 Å². The number of ether oxygens (including phenoxy) is 10. The van der Waals surface area contributed by atoms with E-state index >= 15 is 0 Å². The highest BCUT2D eigenvalue weighted by molar-refractivity contribution is 5.82. The Morgan fingerprint density at radius 3 is 1.50 bits per heavy atom. The van der Waals surface area contributed by atoms with E-state index in [4.69, 9.17) is 47.4 Å². The van der Waals surface area contributed by atoms with E-state index in [1.165, 1.54) is 0 Å². The molecule has 25 rings (SSSR count). The second kappa shape index (κ2) is 28.5. The van der Waals surface area contributed by atoms with Gasteiger partial charge in [0, 0.05) is 68.1 Å². The van der Waals surface area contributed by atoms with Gasteiger partial charge in [0.05, 0.1) is 107 Å². The molecular weight excluding hydrogens is 1490 g/mol. The lowest BCUT2D eigenvalue weighted by molar-refractivity contribution is -0.196. The van der Waals surface area contributed by atoms with Crippen molar-refractivity contribution >= 4 is 59.7 Å². The van der Waals surface area contributed by atoms with E-state index in [0.717, 1.165) is 116 Å². The van der Waals surface area contributed by atoms with Crippen LogP contribution in [0.4, 0.5) is 0 Å². The molecule has 40 unspecified atom stereocenters. The topological polar surface area (TPSA) is 465 Å². The smallest absolute Gasteiger partial charge is 0.314 e. The van der Waals surface area contributed by atoms with Crippen LogP contribution < -0.4 is 0 Å². The first kappa shape index (κ1) is 82.0. The Bertz CT molecular complexity index is 3820. The monoisotopic (exact) mass is 1610 g/mol. The van der Waals surface area contributed by atoms with Crippen molar-refractivity contribution in [1.29, 1.82) is 0 Å². The quantitative estimate of drug-likeness (QED) is 0.122. The van der Waals surface area contributed by atoms with Crippen LogP contribution in [0.5, 0.6) is 0 Å². The largest absolute Gasteiger partial charge is 0.459 e. The van der Waals surface area contributed by atoms with Gasteiger partial charge < -0.3 is 98.4 Å². The summed E-state index contributed by atoms with van der Waals surface area (Å²) in [6, 6.07) is 0. The molecule has 10 saturated heterocycles. The van der Waals surface area contributed by atoms with Gasteiger partial charge in [-0.1, -0.05) is 13.8 Å². The van der Waals surface area contributed by atoms with Gasteiger partial charge in [0.2, 0.25) is 5.79 Å². The first-order valence-corrected chi connectivity index (χ1v) is 42.4. The van der Waals surface area contributed by atoms with E-state index < -0.39 is 76.0 Å². The van der Waals surface area contributed by atoms with Crippen LogP contribution in [0.25, 0.3) is 0 Å². The third-order valence-electron chi connectivity index (χ3n) is 33.4. The van der Waals surface area contributed by atoms with Crippen LogP contribution in [0.15, 0.2) is 0 Å². The van der Waals surface area contributed by atoms with Crippen molar-refractivity contribution in [3.05, 3.63) is 0 Å². The number of aliphatic hydroxyl groups is 10. The molecule has 0 spiro atoms. The molecule has 0 aromatic heterocycles. The van der Waals surface area contributed by atoms with Crippen LogP contribution >= 0.6 is 0 Å². The number of esters is 10. The zero-order chi connectivity index (χ0) is 81.9. The molecule has 634 valence electrons. The van der Waals surface area contributed by atoms with Crippen molar-refractivity contribution < 1.29 is 146 Å². The highest BCUT2D eigenvalue weighted by Gasteiger charge is 2.73. The third kappa shape index (κ3) is 13.4. The predicted molar refractivity (Wildman–Crippen MR) is 385 cm³/mol. The summed E-state index contributed by atoms with van der Waals surface area (Å²) in [6.07, 6.45) is 16.3. The summed E-state index contributed by atoms with van der Waals surface area (Å²) in [5, 5.41) is 96.8. The molecule has 40 atom stereocenters. The van der Waals surface area contributed by atoms with E-state index in [1.807, 2.05) is 41.5 Å². The fraction of sp³-hybridized carbons (Fsp3) is 0.881. The van der Waals surface area contributed by atoms with Crippen LogP contribution in [-0.2, 0) is 95.3 Å². The lowest BCUT2D eigenvalue weighted by Crippen LogP contribution is -2.51. The second-order valence-electron chi connectivity index (χ2n) is 40.8. The Kier molecular flexibility index (Phi) is 20.5. The van der Waals surface area contributed by atoms with Gasteiger partial charge in [-0.05, 0) is 205 Å². The van der Waals surface area contributed by atoms with E-state index in [1.54, 1.807) is 13.8 Å². The summed E-state index contributed by atoms with van der Waals surface area (Å²) in [6.45, 7) is 16.8. The number of hydrogen-bond donors (Lipinski definition) is 10. The molecule has 15 aliphatic carbocycles. The summed E-state index contributed by atoms with van der Waals surface area (Å²) in [5.41, 5.74) is -4.29. The van der Waals surface area contributed by atoms with E-state index in [0.29, 0.717) is 92.3 Å². The normalized spacial score (nSPS) is 55.0. The molecule has 20 bridgehead atoms. The summed E-state index contributed by atoms with van der Waals surface area (Å²) >= 11 is 0. The van der Waals surface area contributed by atoms with Crippen LogP contribution in [0.3, 0.4) is 0 Å². The average molecular weight is 1610 g/mol. The van der Waals surface area contributed by atoms with Gasteiger partial charge in [-0.3, -0.25) is 47.9 Å². The number of aliphatic hydroxyl groups excluding tert-OH is 7. The molecule has 15 saturated carbocycles. The van der Waals surface area contributed by atoms with Crippen LogP contribution in [-0.4, -0.2) is 223 Å². The van der Waals surface area contributed by atoms with E-state index in [2.05, 4.69) is 6.92 Å². The highest BCUT2D eigenvalue weighted by Crippen LogP contribution is 2.67. The van der Waals surface area contributed by atoms with Crippen molar-refractivity contribution in [3.8, 4) is 0 Å². The lowest BCUT2D eigenvalue weighted by Gasteiger charge is -2.40. The molecule has 30 heteroatoms. The Balaban J connectivity index is 0.0000000955. The molecule has 25 aliphatic rings. The first-order chi connectivity index (χ1) is 53.3. The van der Waals surface area contributed by atoms with Gasteiger partial charge >= 0.3 is 59.7 Å². The molecule has 0 amide bonds. The maximum Gasteiger partial charge on any atom is 0.314 e. The first-order valence-electron chi connectivity index (χ1n) is 42.4. The number of rotatable bonds is 0. The third-order valence-corrected chi connectivity index (χ3v) is 33.4. The molecule has 10 aliphatic heterocycles. The van der Waals surface area contributed by atoms with Gasteiger partial charge in [0.25, 0.3) is 0 Å². The average Bonchev–Trinajstić information content (AvgIpc) is 1.36. The standard InChI is InChI=1S/4C9H12O3.C9H14O3.C8H10O3.3C8H12O3.C7H10O3/c1-8-3-5-2-6(8)9(11,4-5)12-7(8)10;1-9-2-4-5(3-9)8(11)12-6(4)7(9)10;2*1-9-6-3-4(7(9)10)2-5(6)8(11)12-9;1-8(11)4-3-6-5-9(8,2)12-7(6)10;9-6-3-1-4-5(2-3)8(10)11-7(4)6;1-4-2-5-3-6(7(4)9)11-8(5)10;1-8(10)3-2-5-4-6(8)11-7(5)9;1-8-4-5(7(10)11-8)2-3-6(8)9;8-5-2-1-4-3-6(5)10-7(4)9/h5-6,11H,2-4H2,1H3;3*4-7,10H,2-3H2,1H3;6,11H,3-5H2,1-2H3;3-7,9H,1-2H2;4-7,9H,2-3H2,1H3;5-6,10H,2-4H2,1H3;5-6,9H,2-4H2,1H3;4-6,8H,1-3H2. The second-order valence-corrected chi connectivity index (χ2v) is 40.8. The van der Waals surface area contributed by atoms with Gasteiger partial charge in [0.15, 0.2) is 0 Å². The molecular formula is C84H118O30. The van der Waals surface area contributed by atoms with Gasteiger partial charge in [-0.15, -0.1) is 0 Å². The molecule has 10 N–H and O–H groups in total. The van der Waals surface area contributed by atoms with Crippen molar-refractivity contribution in [2.75, 3.05) is 0 Å². The zero-order valence-corrected chi connectivity index (χ0v) is 66.7. The SMILES string of the molecule is CC1(O)CCC2CC1(C)OC2=O.CC1(O)CCC2CC1OC2=O.CC12CC(CCC1O)C(=O)O2.CC12CC3C(=O)OC(C3C1)C2O.CC12CC3CC1C(O)(C3)OC2=O.CC12OC(=O)C3CC(CC31)C2O.CC12OC(=O)C3CC(CC31)C2O.CC1CC2CC(OC2=O)C1O.O=C1OC2C(O)C3CC1C2C3.O=C1OC2CC1CCC2O. The number of fused-ring (bicyclic) bond motifs is 15. The zero-order valence-electron chi connectivity index (χ0n) is 66.7. The minimum atomic E-state index is -1.09. The summed E-state index contributed by atoms with van der Waals surface area (Å²) in [5.74, 6) is 1.62. The number of carbonyl (C=O) groups excluding carboxylic acids is 10. The number of carbonyl (C=O) groups is 10. The molecule has 30 nitrogen and oxygen atoms in total. The van der Waals surface area contributed by atoms with Crippen molar-refractivity contribution in [3.63, 3.8) is 0 Å². The Morgan fingerprint density at radius 1 is 0.386 bits per heavy atom. The Morgan fingerprint density at radius 2 is 0.947 bits per heavy atom. The number of hydrogen-bond acceptors (Lipinski definition) is 30. The Labute approximate surface area is 662 Å². The minimum Gasteiger partial charge on any atom is -0.459 e. The minimum absolute atomic E-state index is 0.0356. The maximum absolute atomic E-state index is 11.4. The fourth-order valence-corrected chi connectivity index (χ4v) is 26.1. The van der Waals surface area contributed by atoms with Crippen molar-refractivity contribution in [2.45, 2.75) is 335 Å². The molecule has 0 radical (unpaired) electrons. The molecule has 10 heterocycles. The molecule has 0 aromatic carbocycles. The van der Waals surface area contributed by atoms with Gasteiger partial charge in [0.1, 0.15) is 58.5 Å². The predicted octanol–water partition coefficient (Wildman–Crippen LogP) is 3.72. The van der Waals surface area contributed by atoms with Gasteiger partial charge in [-0.25, -0.2) is 0 Å². The molecule has 0 aromatic rings. The van der Waals surface area contributed by atoms with E-state index in [-0.39, 0.29) is 172 Å². The summed E-state index contributed by atoms with van der Waals surface area (Å²) in [4.78, 5) is 112. The highest BCUT2D eigenvalue weighted by atomic mass is 16.7. The lowest BCUT2D eigenvalue weighted by atomic mass is 9.72. The Hall–Kier alpha value is -5.70. The summed E-state index contributed by atoms with van der Waals surface area (Å²) in [7, 11) is 0. The van der Waals surface area contributed by atoms with Crippen molar-refractivity contribution in [1.82, 2.24) is 0 Å². The summed E-state index contributed by atoms with van der Waals surface area (Å²) < 4.78 is 50.9. The van der Waals surface area contributed by atoms with Gasteiger partial charge in [-0.2, -0.15) is 0 Å². The van der Waals surface area contributed by atoms with Crippen LogP contribution in [0.1, 0.15) is 223 Å². The maximum atomic E-state index is 11.4. The van der Waals surface area contributed by atoms with Crippen LogP contribution in [0, 0.1) is 123 Å². The van der Waals surface area contributed by atoms with E-state index in [9.17, 15) is 99.0 Å². The fourth-order valence-electron chi connectivity index (χ4n) is 26.1. The molecule has 25 fully saturated rings. The van der Waals surface area contributed by atoms with Crippen molar-refractivity contribution in [2.24, 2.45) is 123 Å².